The van der Waals surface area contributed by atoms with Crippen LogP contribution in [-0.2, 0) is 6.42 Å². The molecule has 1 saturated heterocycles. The van der Waals surface area contributed by atoms with E-state index in [1.165, 1.54) is 0 Å². The first-order valence-corrected chi connectivity index (χ1v) is 9.20. The Bertz CT molecular complexity index is 961. The molecule has 3 aromatic rings. The molecule has 0 saturated carbocycles. The van der Waals surface area contributed by atoms with E-state index < -0.39 is 5.97 Å². The van der Waals surface area contributed by atoms with Gasteiger partial charge in [-0.25, -0.2) is 9.78 Å². The first kappa shape index (κ1) is 16.6. The number of hydrogen-bond acceptors (Lipinski definition) is 3. The lowest BCUT2D eigenvalue weighted by Gasteiger charge is -2.23. The predicted octanol–water partition coefficient (Wildman–Crippen LogP) is 4.76. The standard InChI is InChI=1S/C22H22N2O2/c1-2-15-11-8-12-17-18(16-9-4-3-5-10-16)19(22(25)26)21(23-20(15)17)24-13-6-7-14-24/h3-5,8-12H,2,6-7,13-14H2,1H3,(H,25,26). The number of aromatic carboxylic acids is 1. The molecule has 4 rings (SSSR count). The van der Waals surface area contributed by atoms with E-state index in [4.69, 9.17) is 4.98 Å². The van der Waals surface area contributed by atoms with Gasteiger partial charge in [0.25, 0.3) is 0 Å². The predicted molar refractivity (Wildman–Crippen MR) is 105 cm³/mol. The minimum atomic E-state index is -0.915. The summed E-state index contributed by atoms with van der Waals surface area (Å²) < 4.78 is 0. The Hall–Kier alpha value is -2.88. The molecule has 0 atom stereocenters. The maximum atomic E-state index is 12.3. The third-order valence-corrected chi connectivity index (χ3v) is 5.14. The lowest BCUT2D eigenvalue weighted by Crippen LogP contribution is -2.23. The van der Waals surface area contributed by atoms with Crippen LogP contribution in [0.2, 0.25) is 0 Å². The normalized spacial score (nSPS) is 14.1. The molecule has 1 aliphatic heterocycles. The second-order valence-corrected chi connectivity index (χ2v) is 6.72. The quantitative estimate of drug-likeness (QED) is 0.740. The molecule has 0 amide bonds. The first-order chi connectivity index (χ1) is 12.7. The minimum absolute atomic E-state index is 0.318. The number of hydrogen-bond donors (Lipinski definition) is 1. The molecule has 0 spiro atoms. The smallest absolute Gasteiger partial charge is 0.340 e. The van der Waals surface area contributed by atoms with Gasteiger partial charge in [-0.3, -0.25) is 0 Å². The minimum Gasteiger partial charge on any atom is -0.478 e. The van der Waals surface area contributed by atoms with E-state index in [2.05, 4.69) is 17.9 Å². The van der Waals surface area contributed by atoms with E-state index in [-0.39, 0.29) is 0 Å². The van der Waals surface area contributed by atoms with Crippen molar-refractivity contribution in [3.8, 4) is 11.1 Å². The molecule has 4 heteroatoms. The summed E-state index contributed by atoms with van der Waals surface area (Å²) in [4.78, 5) is 19.3. The number of para-hydroxylation sites is 1. The summed E-state index contributed by atoms with van der Waals surface area (Å²) in [5.74, 6) is -0.302. The SMILES string of the molecule is CCc1cccc2c(-c3ccccc3)c(C(=O)O)c(N3CCCC3)nc12. The average molecular weight is 346 g/mol. The topological polar surface area (TPSA) is 53.4 Å². The lowest BCUT2D eigenvalue weighted by atomic mass is 9.93. The van der Waals surface area contributed by atoms with Gasteiger partial charge in [-0.15, -0.1) is 0 Å². The number of pyridine rings is 1. The van der Waals surface area contributed by atoms with Crippen molar-refractivity contribution in [3.63, 3.8) is 0 Å². The lowest BCUT2D eigenvalue weighted by molar-refractivity contribution is 0.0698. The van der Waals surface area contributed by atoms with Gasteiger partial charge in [-0.05, 0) is 30.4 Å². The first-order valence-electron chi connectivity index (χ1n) is 9.20. The van der Waals surface area contributed by atoms with Gasteiger partial charge in [-0.2, -0.15) is 0 Å². The summed E-state index contributed by atoms with van der Waals surface area (Å²) in [6, 6.07) is 15.9. The number of carbonyl (C=O) groups is 1. The fourth-order valence-electron chi connectivity index (χ4n) is 3.88. The fourth-order valence-corrected chi connectivity index (χ4v) is 3.88. The maximum Gasteiger partial charge on any atom is 0.340 e. The van der Waals surface area contributed by atoms with E-state index in [0.717, 1.165) is 59.9 Å². The maximum absolute atomic E-state index is 12.3. The van der Waals surface area contributed by atoms with Crippen LogP contribution in [0.15, 0.2) is 48.5 Å². The number of benzene rings is 2. The highest BCUT2D eigenvalue weighted by molar-refractivity contribution is 6.10. The van der Waals surface area contributed by atoms with Crippen molar-refractivity contribution >= 4 is 22.7 Å². The highest BCUT2D eigenvalue weighted by atomic mass is 16.4. The third kappa shape index (κ3) is 2.71. The van der Waals surface area contributed by atoms with E-state index in [1.807, 2.05) is 42.5 Å². The van der Waals surface area contributed by atoms with Crippen molar-refractivity contribution in [1.82, 2.24) is 4.98 Å². The summed E-state index contributed by atoms with van der Waals surface area (Å²) >= 11 is 0. The Balaban J connectivity index is 2.13. The van der Waals surface area contributed by atoms with Crippen LogP contribution in [0.1, 0.15) is 35.7 Å². The van der Waals surface area contributed by atoms with E-state index in [0.29, 0.717) is 11.4 Å². The number of carboxylic acids is 1. The van der Waals surface area contributed by atoms with Gasteiger partial charge in [0.15, 0.2) is 0 Å². The van der Waals surface area contributed by atoms with Crippen molar-refractivity contribution in [2.45, 2.75) is 26.2 Å². The number of anilines is 1. The van der Waals surface area contributed by atoms with Crippen LogP contribution in [0.5, 0.6) is 0 Å². The van der Waals surface area contributed by atoms with Gasteiger partial charge in [0.2, 0.25) is 0 Å². The fraction of sp³-hybridized carbons (Fsp3) is 0.273. The highest BCUT2D eigenvalue weighted by Gasteiger charge is 2.27. The second-order valence-electron chi connectivity index (χ2n) is 6.72. The van der Waals surface area contributed by atoms with Crippen LogP contribution < -0.4 is 4.90 Å². The Kier molecular flexibility index (Phi) is 4.33. The van der Waals surface area contributed by atoms with Crippen molar-refractivity contribution in [2.75, 3.05) is 18.0 Å². The summed E-state index contributed by atoms with van der Waals surface area (Å²) in [6.45, 7) is 3.84. The van der Waals surface area contributed by atoms with E-state index >= 15 is 0 Å². The Morgan fingerprint density at radius 2 is 1.81 bits per heavy atom. The number of carboxylic acid groups (broad SMARTS) is 1. The Morgan fingerprint density at radius 3 is 2.46 bits per heavy atom. The van der Waals surface area contributed by atoms with Gasteiger partial charge in [-0.1, -0.05) is 55.5 Å². The number of rotatable bonds is 4. The molecule has 1 N–H and O–H groups in total. The molecule has 1 aromatic heterocycles. The number of aryl methyl sites for hydroxylation is 1. The summed E-state index contributed by atoms with van der Waals surface area (Å²) in [5.41, 5.74) is 4.09. The van der Waals surface area contributed by atoms with Crippen molar-refractivity contribution < 1.29 is 9.90 Å². The zero-order valence-corrected chi connectivity index (χ0v) is 14.9. The number of nitrogens with zero attached hydrogens (tertiary/aromatic N) is 2. The number of fused-ring (bicyclic) bond motifs is 1. The molecule has 2 heterocycles. The molecule has 26 heavy (non-hydrogen) atoms. The molecular weight excluding hydrogens is 324 g/mol. The van der Waals surface area contributed by atoms with Crippen LogP contribution >= 0.6 is 0 Å². The van der Waals surface area contributed by atoms with Crippen molar-refractivity contribution in [3.05, 3.63) is 59.7 Å². The van der Waals surface area contributed by atoms with Crippen LogP contribution in [0.3, 0.4) is 0 Å². The molecular formula is C22H22N2O2. The van der Waals surface area contributed by atoms with Gasteiger partial charge in [0.05, 0.1) is 5.52 Å². The van der Waals surface area contributed by atoms with Crippen molar-refractivity contribution in [2.24, 2.45) is 0 Å². The zero-order chi connectivity index (χ0) is 18.1. The Labute approximate surface area is 153 Å². The van der Waals surface area contributed by atoms with E-state index in [9.17, 15) is 9.90 Å². The third-order valence-electron chi connectivity index (χ3n) is 5.14. The summed E-state index contributed by atoms with van der Waals surface area (Å²) in [6.07, 6.45) is 3.02. The van der Waals surface area contributed by atoms with Crippen LogP contribution in [0, 0.1) is 0 Å². The van der Waals surface area contributed by atoms with Crippen molar-refractivity contribution in [1.29, 1.82) is 0 Å². The molecule has 4 nitrogen and oxygen atoms in total. The summed E-state index contributed by atoms with van der Waals surface area (Å²) in [7, 11) is 0. The van der Waals surface area contributed by atoms with Gasteiger partial charge in [0, 0.05) is 24.0 Å². The monoisotopic (exact) mass is 346 g/mol. The zero-order valence-electron chi connectivity index (χ0n) is 14.9. The van der Waals surface area contributed by atoms with Gasteiger partial charge in [0.1, 0.15) is 11.4 Å². The van der Waals surface area contributed by atoms with Crippen LogP contribution in [0.4, 0.5) is 5.82 Å². The van der Waals surface area contributed by atoms with Gasteiger partial charge >= 0.3 is 5.97 Å². The largest absolute Gasteiger partial charge is 0.478 e. The van der Waals surface area contributed by atoms with Crippen LogP contribution in [-0.4, -0.2) is 29.1 Å². The second kappa shape index (κ2) is 6.79. The molecule has 2 aromatic carbocycles. The van der Waals surface area contributed by atoms with Gasteiger partial charge < -0.3 is 10.0 Å². The molecule has 1 aliphatic rings. The number of aromatic nitrogens is 1. The molecule has 0 aliphatic carbocycles. The average Bonchev–Trinajstić information content (AvgIpc) is 3.21. The summed E-state index contributed by atoms with van der Waals surface area (Å²) in [5, 5.41) is 11.0. The molecule has 0 radical (unpaired) electrons. The molecule has 0 bridgehead atoms. The molecule has 1 fully saturated rings. The van der Waals surface area contributed by atoms with Crippen LogP contribution in [0.25, 0.3) is 22.0 Å². The molecule has 132 valence electrons. The highest BCUT2D eigenvalue weighted by Crippen LogP contribution is 2.38. The molecule has 0 unspecified atom stereocenters. The Morgan fingerprint density at radius 1 is 1.08 bits per heavy atom. The van der Waals surface area contributed by atoms with E-state index in [1.54, 1.807) is 0 Å².